The van der Waals surface area contributed by atoms with Gasteiger partial charge in [-0.2, -0.15) is 5.10 Å². The fourth-order valence-electron chi connectivity index (χ4n) is 6.73. The van der Waals surface area contributed by atoms with E-state index in [4.69, 9.17) is 16.7 Å². The summed E-state index contributed by atoms with van der Waals surface area (Å²) >= 11 is 6.15. The molecule has 1 aromatic carbocycles. The summed E-state index contributed by atoms with van der Waals surface area (Å²) in [5.41, 5.74) is 2.54. The number of hydrogen-bond donors (Lipinski definition) is 2. The highest BCUT2D eigenvalue weighted by atomic mass is 35.5. The molecule has 3 saturated carbocycles. The number of amides is 1. The first-order chi connectivity index (χ1) is 16.0. The molecule has 2 heterocycles. The van der Waals surface area contributed by atoms with Crippen molar-refractivity contribution in [1.82, 2.24) is 20.4 Å². The van der Waals surface area contributed by atoms with Gasteiger partial charge in [0, 0.05) is 29.7 Å². The van der Waals surface area contributed by atoms with E-state index in [0.717, 1.165) is 41.1 Å². The van der Waals surface area contributed by atoms with Crippen molar-refractivity contribution in [2.75, 3.05) is 6.54 Å². The van der Waals surface area contributed by atoms with Crippen molar-refractivity contribution in [1.29, 1.82) is 0 Å². The third-order valence-corrected chi connectivity index (χ3v) is 9.29. The summed E-state index contributed by atoms with van der Waals surface area (Å²) < 4.78 is 2.02. The Hall–Kier alpha value is -1.85. The Kier molecular flexibility index (Phi) is 6.09. The van der Waals surface area contributed by atoms with Crippen LogP contribution in [0.2, 0.25) is 5.02 Å². The predicted octanol–water partition coefficient (Wildman–Crippen LogP) is 5.67. The zero-order chi connectivity index (χ0) is 24.3. The van der Waals surface area contributed by atoms with Gasteiger partial charge in [0.05, 0.1) is 17.3 Å². The number of nitrogens with one attached hydrogen (secondary N) is 2. The number of aromatic nitrogens is 2. The molecule has 6 atom stereocenters. The molecule has 6 rings (SSSR count). The van der Waals surface area contributed by atoms with Crippen LogP contribution in [-0.4, -0.2) is 28.3 Å². The molecule has 3 unspecified atom stereocenters. The van der Waals surface area contributed by atoms with Gasteiger partial charge in [-0.15, -0.1) is 0 Å². The zero-order valence-electron chi connectivity index (χ0n) is 21.1. The van der Waals surface area contributed by atoms with Crippen molar-refractivity contribution in [3.63, 3.8) is 0 Å². The number of carbonyl (C=O) groups is 1. The van der Waals surface area contributed by atoms with Gasteiger partial charge in [0.1, 0.15) is 0 Å². The van der Waals surface area contributed by atoms with Gasteiger partial charge in [-0.05, 0) is 93.4 Å². The first-order valence-electron chi connectivity index (χ1n) is 12.9. The van der Waals surface area contributed by atoms with Crippen molar-refractivity contribution in [3.8, 4) is 0 Å². The van der Waals surface area contributed by atoms with Crippen LogP contribution in [0.4, 0.5) is 0 Å². The molecule has 34 heavy (non-hydrogen) atoms. The molecular formula is C28H39ClN4O. The first kappa shape index (κ1) is 23.9. The molecule has 2 bridgehead atoms. The van der Waals surface area contributed by atoms with Crippen molar-refractivity contribution in [2.45, 2.75) is 83.8 Å². The highest BCUT2D eigenvalue weighted by Crippen LogP contribution is 2.61. The Morgan fingerprint density at radius 1 is 1.18 bits per heavy atom. The molecule has 1 aliphatic heterocycles. The Labute approximate surface area is 209 Å². The van der Waals surface area contributed by atoms with Crippen LogP contribution in [0.3, 0.4) is 0 Å². The Morgan fingerprint density at radius 3 is 2.53 bits per heavy atom. The molecule has 2 aromatic rings. The quantitative estimate of drug-likeness (QED) is 0.577. The van der Waals surface area contributed by atoms with Gasteiger partial charge in [-0.3, -0.25) is 14.8 Å². The fourth-order valence-corrected chi connectivity index (χ4v) is 6.86. The summed E-state index contributed by atoms with van der Waals surface area (Å²) in [6.45, 7) is 12.1. The number of nitrogens with zero attached hydrogens (tertiary/aromatic N) is 2. The first-order valence-corrected chi connectivity index (χ1v) is 13.3. The number of halogens is 1. The van der Waals surface area contributed by atoms with Crippen LogP contribution in [0, 0.1) is 23.2 Å². The van der Waals surface area contributed by atoms with E-state index >= 15 is 0 Å². The molecule has 3 aliphatic carbocycles. The number of benzene rings is 1. The van der Waals surface area contributed by atoms with Crippen LogP contribution in [0.25, 0.3) is 0 Å². The van der Waals surface area contributed by atoms with E-state index in [0.29, 0.717) is 11.3 Å². The van der Waals surface area contributed by atoms with Gasteiger partial charge in [0.2, 0.25) is 5.91 Å². The van der Waals surface area contributed by atoms with Gasteiger partial charge in [0.15, 0.2) is 0 Å². The SMILES string of the molecule is CC1(C)C2CC[C@@H](CNC(=O)[C@@H]3CC(c4ccn(C(C)(C)C)n4)[C@H](c4ccc(Cl)cc4)N3)C1C2. The third-order valence-electron chi connectivity index (χ3n) is 9.04. The lowest BCUT2D eigenvalue weighted by Gasteiger charge is -2.60. The molecule has 4 aliphatic rings. The summed E-state index contributed by atoms with van der Waals surface area (Å²) in [6, 6.07) is 9.88. The van der Waals surface area contributed by atoms with Crippen molar-refractivity contribution in [3.05, 3.63) is 52.8 Å². The van der Waals surface area contributed by atoms with E-state index < -0.39 is 0 Å². The van der Waals surface area contributed by atoms with Crippen molar-refractivity contribution < 1.29 is 4.79 Å². The maximum Gasteiger partial charge on any atom is 0.237 e. The summed E-state index contributed by atoms with van der Waals surface area (Å²) in [4.78, 5) is 13.3. The van der Waals surface area contributed by atoms with Gasteiger partial charge >= 0.3 is 0 Å². The zero-order valence-corrected chi connectivity index (χ0v) is 21.9. The molecule has 1 aromatic heterocycles. The minimum absolute atomic E-state index is 0.0253. The minimum atomic E-state index is -0.226. The number of hydrogen-bond acceptors (Lipinski definition) is 3. The second-order valence-electron chi connectivity index (χ2n) is 12.4. The Morgan fingerprint density at radius 2 is 1.91 bits per heavy atom. The smallest absolute Gasteiger partial charge is 0.237 e. The number of fused-ring (bicyclic) bond motifs is 2. The molecule has 6 heteroatoms. The lowest BCUT2D eigenvalue weighted by molar-refractivity contribution is -0.126. The molecule has 4 fully saturated rings. The van der Waals surface area contributed by atoms with Crippen LogP contribution in [0.15, 0.2) is 36.5 Å². The van der Waals surface area contributed by atoms with Crippen molar-refractivity contribution >= 4 is 17.5 Å². The standard InChI is InChI=1S/C28H39ClN4O/c1-27(2,3)33-13-12-23(32-33)21-15-24(31-25(21)17-7-10-20(29)11-8-17)26(34)30-16-18-6-9-19-14-22(18)28(19,4)5/h7-8,10-13,18-19,21-22,24-25,31H,6,9,14-16H2,1-5H3,(H,30,34)/t18-,19?,21?,22?,24-,25-/m0/s1. The third kappa shape index (κ3) is 4.30. The van der Waals surface area contributed by atoms with Gasteiger partial charge in [-0.1, -0.05) is 37.6 Å². The van der Waals surface area contributed by atoms with Crippen LogP contribution < -0.4 is 10.6 Å². The van der Waals surface area contributed by atoms with Crippen LogP contribution in [0.5, 0.6) is 0 Å². The summed E-state index contributed by atoms with van der Waals surface area (Å²) in [6.07, 6.45) is 6.69. The number of carbonyl (C=O) groups excluding carboxylic acids is 1. The summed E-state index contributed by atoms with van der Waals surface area (Å²) in [7, 11) is 0. The monoisotopic (exact) mass is 482 g/mol. The molecule has 1 amide bonds. The predicted molar refractivity (Wildman–Crippen MR) is 137 cm³/mol. The van der Waals surface area contributed by atoms with Crippen LogP contribution in [0.1, 0.15) is 83.5 Å². The van der Waals surface area contributed by atoms with E-state index in [-0.39, 0.29) is 29.4 Å². The largest absolute Gasteiger partial charge is 0.354 e. The van der Waals surface area contributed by atoms with Crippen LogP contribution in [-0.2, 0) is 10.3 Å². The van der Waals surface area contributed by atoms with E-state index in [1.807, 2.05) is 16.8 Å². The maximum atomic E-state index is 13.3. The second kappa shape index (κ2) is 8.67. The fraction of sp³-hybridized carbons (Fsp3) is 0.643. The van der Waals surface area contributed by atoms with Gasteiger partial charge in [0.25, 0.3) is 0 Å². The summed E-state index contributed by atoms with van der Waals surface area (Å²) in [5.74, 6) is 2.49. The van der Waals surface area contributed by atoms with E-state index in [1.54, 1.807) is 0 Å². The van der Waals surface area contributed by atoms with E-state index in [1.165, 1.54) is 19.3 Å². The van der Waals surface area contributed by atoms with Crippen LogP contribution >= 0.6 is 11.6 Å². The molecule has 2 N–H and O–H groups in total. The average Bonchev–Trinajstić information content (AvgIpc) is 3.45. The Bertz CT molecular complexity index is 1040. The lowest BCUT2D eigenvalue weighted by Crippen LogP contribution is -2.55. The molecule has 1 saturated heterocycles. The highest BCUT2D eigenvalue weighted by Gasteiger charge is 2.54. The minimum Gasteiger partial charge on any atom is -0.354 e. The maximum absolute atomic E-state index is 13.3. The van der Waals surface area contributed by atoms with Gasteiger partial charge < -0.3 is 5.32 Å². The Balaban J connectivity index is 1.31. The normalized spacial score (nSPS) is 32.3. The molecular weight excluding hydrogens is 444 g/mol. The topological polar surface area (TPSA) is 59.0 Å². The van der Waals surface area contributed by atoms with Crippen molar-refractivity contribution in [2.24, 2.45) is 23.2 Å². The van der Waals surface area contributed by atoms with Gasteiger partial charge in [-0.25, -0.2) is 0 Å². The van der Waals surface area contributed by atoms with E-state index in [9.17, 15) is 4.79 Å². The molecule has 0 spiro atoms. The lowest BCUT2D eigenvalue weighted by atomic mass is 9.45. The highest BCUT2D eigenvalue weighted by molar-refractivity contribution is 6.30. The summed E-state index contributed by atoms with van der Waals surface area (Å²) in [5, 5.41) is 12.6. The number of rotatable bonds is 5. The molecule has 184 valence electrons. The second-order valence-corrected chi connectivity index (χ2v) is 12.8. The molecule has 5 nitrogen and oxygen atoms in total. The van der Waals surface area contributed by atoms with E-state index in [2.05, 4.69) is 69.6 Å². The molecule has 0 radical (unpaired) electrons. The average molecular weight is 483 g/mol.